The van der Waals surface area contributed by atoms with Crippen LogP contribution < -0.4 is 4.90 Å². The van der Waals surface area contributed by atoms with Crippen LogP contribution in [0.2, 0.25) is 0 Å². The first-order valence-corrected chi connectivity index (χ1v) is 25.7. The zero-order valence-corrected chi connectivity index (χ0v) is 37.9. The van der Waals surface area contributed by atoms with Gasteiger partial charge in [0.2, 0.25) is 0 Å². The van der Waals surface area contributed by atoms with Gasteiger partial charge in [-0.15, -0.1) is 0 Å². The normalized spacial score (nSPS) is 11.5. The lowest BCUT2D eigenvalue weighted by Crippen LogP contribution is -2.25. The lowest BCUT2D eigenvalue weighted by atomic mass is 10.0. The largest absolute Gasteiger partial charge is 0.372 e. The van der Waals surface area contributed by atoms with E-state index in [-0.39, 0.29) is 0 Å². The number of nitrogens with zero attached hydrogens (tertiary/aromatic N) is 1. The molecule has 0 aliphatic rings. The van der Waals surface area contributed by atoms with Crippen LogP contribution in [0.3, 0.4) is 0 Å². The molecule has 0 N–H and O–H groups in total. The van der Waals surface area contributed by atoms with E-state index in [1.807, 2.05) is 0 Å². The molecule has 54 heavy (non-hydrogen) atoms. The summed E-state index contributed by atoms with van der Waals surface area (Å²) in [6.07, 6.45) is 60.3. The Balaban J connectivity index is 2.25. The molecule has 1 rings (SSSR count). The van der Waals surface area contributed by atoms with Crippen molar-refractivity contribution in [3.05, 3.63) is 29.8 Å². The van der Waals surface area contributed by atoms with Crippen LogP contribution in [0.25, 0.3) is 0 Å². The Kier molecular flexibility index (Phi) is 40.8. The van der Waals surface area contributed by atoms with Crippen molar-refractivity contribution in [2.45, 2.75) is 290 Å². The molecule has 0 saturated heterocycles. The standard InChI is InChI=1S/C53H101N/c1-4-7-10-13-16-19-21-23-25-27-29-31-34-37-40-43-50-54(51-44-41-38-35-32-30-28-26-24-22-20-17-14-11-8-5-2)53-48-46-52(47-49-53)45-42-39-36-33-18-15-12-9-6-3/h46-49H,4-45,50-51H2,1-3H3. The van der Waals surface area contributed by atoms with Gasteiger partial charge in [0.25, 0.3) is 0 Å². The molecular formula is C53H101N. The van der Waals surface area contributed by atoms with Crippen LogP contribution in [0.4, 0.5) is 5.69 Å². The predicted octanol–water partition coefficient (Wildman–Crippen LogP) is 19.1. The van der Waals surface area contributed by atoms with Crippen molar-refractivity contribution in [2.75, 3.05) is 18.0 Å². The van der Waals surface area contributed by atoms with Crippen LogP contribution >= 0.6 is 0 Å². The van der Waals surface area contributed by atoms with Crippen LogP contribution in [0, 0.1) is 0 Å². The minimum absolute atomic E-state index is 1.24. The minimum atomic E-state index is 1.24. The highest BCUT2D eigenvalue weighted by molar-refractivity contribution is 5.47. The Morgan fingerprint density at radius 1 is 0.259 bits per heavy atom. The van der Waals surface area contributed by atoms with E-state index in [4.69, 9.17) is 0 Å². The van der Waals surface area contributed by atoms with E-state index in [0.29, 0.717) is 0 Å². The third kappa shape index (κ3) is 35.4. The van der Waals surface area contributed by atoms with Crippen LogP contribution in [0.5, 0.6) is 0 Å². The molecule has 0 unspecified atom stereocenters. The van der Waals surface area contributed by atoms with E-state index in [1.165, 1.54) is 288 Å². The maximum absolute atomic E-state index is 2.75. The smallest absolute Gasteiger partial charge is 0.0366 e. The van der Waals surface area contributed by atoms with Gasteiger partial charge >= 0.3 is 0 Å². The quantitative estimate of drug-likeness (QED) is 0.0600. The number of hydrogen-bond acceptors (Lipinski definition) is 1. The predicted molar refractivity (Wildman–Crippen MR) is 249 cm³/mol. The Labute approximate surface area is 342 Å². The molecule has 1 aromatic rings. The average Bonchev–Trinajstić information content (AvgIpc) is 3.19. The van der Waals surface area contributed by atoms with E-state index in [9.17, 15) is 0 Å². The Morgan fingerprint density at radius 2 is 0.481 bits per heavy atom. The molecule has 1 aromatic carbocycles. The summed E-state index contributed by atoms with van der Waals surface area (Å²) in [6, 6.07) is 9.83. The van der Waals surface area contributed by atoms with Crippen LogP contribution in [-0.4, -0.2) is 13.1 Å². The number of aryl methyl sites for hydroxylation is 1. The molecular weight excluding hydrogens is 651 g/mol. The molecule has 318 valence electrons. The molecule has 0 fully saturated rings. The zero-order valence-electron chi connectivity index (χ0n) is 37.9. The van der Waals surface area contributed by atoms with Gasteiger partial charge in [0.1, 0.15) is 0 Å². The van der Waals surface area contributed by atoms with Crippen LogP contribution in [0.1, 0.15) is 290 Å². The van der Waals surface area contributed by atoms with E-state index in [2.05, 4.69) is 49.9 Å². The summed E-state index contributed by atoms with van der Waals surface area (Å²) in [7, 11) is 0. The number of unbranched alkanes of at least 4 members (excludes halogenated alkanes) is 38. The van der Waals surface area contributed by atoms with Gasteiger partial charge in [0.05, 0.1) is 0 Å². The first kappa shape index (κ1) is 51.0. The fourth-order valence-corrected chi connectivity index (χ4v) is 8.58. The number of hydrogen-bond donors (Lipinski definition) is 0. The zero-order chi connectivity index (χ0) is 38.7. The molecule has 0 atom stereocenters. The number of rotatable bonds is 45. The van der Waals surface area contributed by atoms with E-state index < -0.39 is 0 Å². The highest BCUT2D eigenvalue weighted by atomic mass is 15.1. The van der Waals surface area contributed by atoms with Crippen molar-refractivity contribution in [1.82, 2.24) is 0 Å². The fourth-order valence-electron chi connectivity index (χ4n) is 8.58. The van der Waals surface area contributed by atoms with Gasteiger partial charge in [0.15, 0.2) is 0 Å². The highest BCUT2D eigenvalue weighted by Crippen LogP contribution is 2.21. The maximum Gasteiger partial charge on any atom is 0.0366 e. The van der Waals surface area contributed by atoms with Crippen LogP contribution in [0.15, 0.2) is 24.3 Å². The lowest BCUT2D eigenvalue weighted by Gasteiger charge is -2.25. The van der Waals surface area contributed by atoms with Crippen molar-refractivity contribution in [1.29, 1.82) is 0 Å². The van der Waals surface area contributed by atoms with Crippen molar-refractivity contribution < 1.29 is 0 Å². The summed E-state index contributed by atoms with van der Waals surface area (Å²) in [5.41, 5.74) is 3.03. The Hall–Kier alpha value is -0.980. The summed E-state index contributed by atoms with van der Waals surface area (Å²) < 4.78 is 0. The van der Waals surface area contributed by atoms with Crippen molar-refractivity contribution in [2.24, 2.45) is 0 Å². The molecule has 1 heteroatoms. The number of anilines is 1. The molecule has 1 nitrogen and oxygen atoms in total. The topological polar surface area (TPSA) is 3.24 Å². The van der Waals surface area contributed by atoms with E-state index in [1.54, 1.807) is 5.56 Å². The fraction of sp³-hybridized carbons (Fsp3) is 0.887. The molecule has 0 saturated carbocycles. The summed E-state index contributed by atoms with van der Waals surface area (Å²) in [6.45, 7) is 9.43. The Bertz CT molecular complexity index is 777. The molecule has 0 radical (unpaired) electrons. The van der Waals surface area contributed by atoms with Crippen LogP contribution in [-0.2, 0) is 6.42 Å². The molecule has 0 spiro atoms. The molecule has 0 aliphatic carbocycles. The molecule has 0 bridgehead atoms. The monoisotopic (exact) mass is 752 g/mol. The Morgan fingerprint density at radius 3 is 0.741 bits per heavy atom. The van der Waals surface area contributed by atoms with Gasteiger partial charge in [-0.25, -0.2) is 0 Å². The highest BCUT2D eigenvalue weighted by Gasteiger charge is 2.07. The third-order valence-corrected chi connectivity index (χ3v) is 12.4. The molecule has 0 amide bonds. The maximum atomic E-state index is 2.75. The van der Waals surface area contributed by atoms with Crippen molar-refractivity contribution in [3.8, 4) is 0 Å². The van der Waals surface area contributed by atoms with Gasteiger partial charge in [-0.05, 0) is 43.4 Å². The SMILES string of the molecule is CCCCCCCCCCCCCCCCCCN(CCCCCCCCCCCCCCCCCC)c1ccc(CCCCCCCCCCC)cc1. The summed E-state index contributed by atoms with van der Waals surface area (Å²) in [5.74, 6) is 0. The second-order valence-corrected chi connectivity index (χ2v) is 17.8. The van der Waals surface area contributed by atoms with Gasteiger partial charge in [-0.3, -0.25) is 0 Å². The number of benzene rings is 1. The average molecular weight is 752 g/mol. The van der Waals surface area contributed by atoms with Gasteiger partial charge in [-0.1, -0.05) is 277 Å². The van der Waals surface area contributed by atoms with E-state index in [0.717, 1.165) is 0 Å². The second-order valence-electron chi connectivity index (χ2n) is 17.8. The molecule has 0 aliphatic heterocycles. The summed E-state index contributed by atoms with van der Waals surface area (Å²) in [4.78, 5) is 2.75. The third-order valence-electron chi connectivity index (χ3n) is 12.4. The molecule has 0 aromatic heterocycles. The summed E-state index contributed by atoms with van der Waals surface area (Å²) in [5, 5.41) is 0. The first-order valence-electron chi connectivity index (χ1n) is 25.7. The van der Waals surface area contributed by atoms with Crippen molar-refractivity contribution in [3.63, 3.8) is 0 Å². The molecule has 0 heterocycles. The van der Waals surface area contributed by atoms with Crippen molar-refractivity contribution >= 4 is 5.69 Å². The summed E-state index contributed by atoms with van der Waals surface area (Å²) >= 11 is 0. The minimum Gasteiger partial charge on any atom is -0.372 e. The van der Waals surface area contributed by atoms with Gasteiger partial charge < -0.3 is 4.90 Å². The lowest BCUT2D eigenvalue weighted by molar-refractivity contribution is 0.524. The first-order chi connectivity index (χ1) is 26.8. The van der Waals surface area contributed by atoms with Gasteiger partial charge in [0, 0.05) is 18.8 Å². The van der Waals surface area contributed by atoms with E-state index >= 15 is 0 Å². The van der Waals surface area contributed by atoms with Gasteiger partial charge in [-0.2, -0.15) is 0 Å². The second kappa shape index (κ2) is 43.1.